The number of rotatable bonds is 3. The molecule has 6 nitrogen and oxygen atoms in total. The number of anilines is 1. The van der Waals surface area contributed by atoms with Gasteiger partial charge in [-0.15, -0.1) is 0 Å². The highest BCUT2D eigenvalue weighted by Gasteiger charge is 2.50. The van der Waals surface area contributed by atoms with Crippen LogP contribution in [0.2, 0.25) is 5.02 Å². The summed E-state index contributed by atoms with van der Waals surface area (Å²) in [5, 5.41) is 8.60. The van der Waals surface area contributed by atoms with Crippen molar-refractivity contribution in [3.8, 4) is 0 Å². The van der Waals surface area contributed by atoms with Crippen molar-refractivity contribution in [1.82, 2.24) is 15.1 Å². The first-order chi connectivity index (χ1) is 15.5. The van der Waals surface area contributed by atoms with Gasteiger partial charge in [0, 0.05) is 22.2 Å². The molecule has 0 radical (unpaired) electrons. The van der Waals surface area contributed by atoms with E-state index in [-0.39, 0.29) is 29.8 Å². The molecule has 7 heteroatoms. The van der Waals surface area contributed by atoms with Gasteiger partial charge in [-0.3, -0.25) is 19.2 Å². The largest absolute Gasteiger partial charge is 0.351 e. The molecule has 1 fully saturated rings. The van der Waals surface area contributed by atoms with Crippen LogP contribution in [-0.2, 0) is 16.8 Å². The first-order valence-corrected chi connectivity index (χ1v) is 12.4. The lowest BCUT2D eigenvalue weighted by Crippen LogP contribution is -2.65. The standard InChI is InChI=1S/C26H35ClN4O2/c1-17-19(27)13-10-14-20(17)31-23(32)21-15-22(25(2,3)4)29-30(21)16-26(31,5)24(33)28-18-11-8-6-7-9-12-18/h10,13-15,18H,6-9,11-12,16H2,1-5H3,(H,28,33). The van der Waals surface area contributed by atoms with Gasteiger partial charge in [0.15, 0.2) is 0 Å². The van der Waals surface area contributed by atoms with Gasteiger partial charge in [0.25, 0.3) is 5.91 Å². The Bertz CT molecular complexity index is 1060. The van der Waals surface area contributed by atoms with Crippen LogP contribution < -0.4 is 10.2 Å². The third-order valence-corrected chi connectivity index (χ3v) is 7.49. The van der Waals surface area contributed by atoms with Crippen molar-refractivity contribution < 1.29 is 9.59 Å². The minimum Gasteiger partial charge on any atom is -0.351 e. The van der Waals surface area contributed by atoms with Crippen LogP contribution >= 0.6 is 11.6 Å². The third kappa shape index (κ3) is 4.42. The van der Waals surface area contributed by atoms with Crippen LogP contribution in [-0.4, -0.2) is 33.2 Å². The Kier molecular flexibility index (Phi) is 6.34. The summed E-state index contributed by atoms with van der Waals surface area (Å²) in [7, 11) is 0. The lowest BCUT2D eigenvalue weighted by atomic mass is 9.91. The van der Waals surface area contributed by atoms with Gasteiger partial charge >= 0.3 is 0 Å². The Morgan fingerprint density at radius 3 is 2.48 bits per heavy atom. The summed E-state index contributed by atoms with van der Waals surface area (Å²) >= 11 is 6.44. The molecule has 1 aliphatic heterocycles. The molecule has 178 valence electrons. The lowest BCUT2D eigenvalue weighted by Gasteiger charge is -2.44. The van der Waals surface area contributed by atoms with E-state index in [0.717, 1.165) is 36.9 Å². The lowest BCUT2D eigenvalue weighted by molar-refractivity contribution is -0.127. The van der Waals surface area contributed by atoms with Gasteiger partial charge < -0.3 is 5.32 Å². The maximum atomic E-state index is 13.9. The number of aromatic nitrogens is 2. The zero-order valence-electron chi connectivity index (χ0n) is 20.4. The molecule has 1 atom stereocenters. The molecule has 1 aromatic carbocycles. The number of amides is 2. The van der Waals surface area contributed by atoms with Gasteiger partial charge in [0.1, 0.15) is 11.2 Å². The fraction of sp³-hybridized carbons (Fsp3) is 0.577. The number of nitrogens with zero attached hydrogens (tertiary/aromatic N) is 3. The van der Waals surface area contributed by atoms with Gasteiger partial charge in [0.05, 0.1) is 12.2 Å². The minimum atomic E-state index is -1.13. The Morgan fingerprint density at radius 2 is 1.85 bits per heavy atom. The maximum Gasteiger partial charge on any atom is 0.277 e. The maximum absolute atomic E-state index is 13.9. The first kappa shape index (κ1) is 23.8. The fourth-order valence-corrected chi connectivity index (χ4v) is 5.10. The van der Waals surface area contributed by atoms with Crippen LogP contribution in [0.5, 0.6) is 0 Å². The second-order valence-corrected chi connectivity index (χ2v) is 11.2. The Hall–Kier alpha value is -2.34. The summed E-state index contributed by atoms with van der Waals surface area (Å²) in [4.78, 5) is 29.4. The monoisotopic (exact) mass is 470 g/mol. The van der Waals surface area contributed by atoms with Crippen LogP contribution in [0.1, 0.15) is 88.0 Å². The Balaban J connectivity index is 1.79. The first-order valence-electron chi connectivity index (χ1n) is 12.0. The van der Waals surface area contributed by atoms with Crippen molar-refractivity contribution in [3.05, 3.63) is 46.2 Å². The van der Waals surface area contributed by atoms with Gasteiger partial charge in [-0.05, 0) is 50.5 Å². The number of benzene rings is 1. The predicted molar refractivity (Wildman–Crippen MR) is 132 cm³/mol. The quantitative estimate of drug-likeness (QED) is 0.610. The van der Waals surface area contributed by atoms with Crippen LogP contribution in [0.4, 0.5) is 5.69 Å². The Morgan fingerprint density at radius 1 is 1.18 bits per heavy atom. The van der Waals surface area contributed by atoms with E-state index in [4.69, 9.17) is 16.7 Å². The van der Waals surface area contributed by atoms with Gasteiger partial charge in [0.2, 0.25) is 5.91 Å². The Labute approximate surface area is 201 Å². The minimum absolute atomic E-state index is 0.137. The van der Waals surface area contributed by atoms with Gasteiger partial charge in [-0.25, -0.2) is 0 Å². The van der Waals surface area contributed by atoms with E-state index in [1.807, 2.05) is 32.0 Å². The van der Waals surface area contributed by atoms with Crippen molar-refractivity contribution in [1.29, 1.82) is 0 Å². The zero-order chi connectivity index (χ0) is 24.0. The number of hydrogen-bond donors (Lipinski definition) is 1. The highest BCUT2D eigenvalue weighted by molar-refractivity contribution is 6.32. The summed E-state index contributed by atoms with van der Waals surface area (Å²) < 4.78 is 1.71. The number of carbonyl (C=O) groups excluding carboxylic acids is 2. The van der Waals surface area contributed by atoms with E-state index >= 15 is 0 Å². The summed E-state index contributed by atoms with van der Waals surface area (Å²) in [6.07, 6.45) is 6.62. The van der Waals surface area contributed by atoms with E-state index in [9.17, 15) is 9.59 Å². The molecule has 4 rings (SSSR count). The van der Waals surface area contributed by atoms with Crippen molar-refractivity contribution in [2.24, 2.45) is 0 Å². The second kappa shape index (κ2) is 8.79. The molecule has 1 aromatic heterocycles. The van der Waals surface area contributed by atoms with E-state index in [2.05, 4.69) is 26.1 Å². The van der Waals surface area contributed by atoms with Crippen molar-refractivity contribution in [3.63, 3.8) is 0 Å². The fourth-order valence-electron chi connectivity index (χ4n) is 4.93. The van der Waals surface area contributed by atoms with Crippen LogP contribution in [0.25, 0.3) is 0 Å². The molecule has 2 aliphatic rings. The number of nitrogens with one attached hydrogen (secondary N) is 1. The van der Waals surface area contributed by atoms with Gasteiger partial charge in [-0.1, -0.05) is 64.1 Å². The molecule has 1 unspecified atom stereocenters. The predicted octanol–water partition coefficient (Wildman–Crippen LogP) is 5.40. The molecule has 2 heterocycles. The summed E-state index contributed by atoms with van der Waals surface area (Å²) in [6.45, 7) is 10.2. The molecule has 0 bridgehead atoms. The molecule has 0 saturated heterocycles. The normalized spacial score (nSPS) is 22.1. The topological polar surface area (TPSA) is 67.2 Å². The molecular formula is C26H35ClN4O2. The average Bonchev–Trinajstić information content (AvgIpc) is 3.01. The number of hydrogen-bond acceptors (Lipinski definition) is 3. The van der Waals surface area contributed by atoms with Gasteiger partial charge in [-0.2, -0.15) is 5.10 Å². The SMILES string of the molecule is Cc1c(Cl)cccc1N1C(=O)c2cc(C(C)(C)C)nn2CC1(C)C(=O)NC1CCCCCC1. The van der Waals surface area contributed by atoms with Crippen molar-refractivity contribution in [2.75, 3.05) is 4.90 Å². The third-order valence-electron chi connectivity index (χ3n) is 7.08. The highest BCUT2D eigenvalue weighted by Crippen LogP contribution is 2.38. The van der Waals surface area contributed by atoms with Crippen LogP contribution in [0, 0.1) is 6.92 Å². The van der Waals surface area contributed by atoms with E-state index in [1.54, 1.807) is 15.6 Å². The highest BCUT2D eigenvalue weighted by atomic mass is 35.5. The van der Waals surface area contributed by atoms with E-state index in [0.29, 0.717) is 16.4 Å². The van der Waals surface area contributed by atoms with Crippen LogP contribution in [0.15, 0.2) is 24.3 Å². The molecule has 1 saturated carbocycles. The molecular weight excluding hydrogens is 436 g/mol. The van der Waals surface area contributed by atoms with Crippen LogP contribution in [0.3, 0.4) is 0 Å². The number of carbonyl (C=O) groups is 2. The molecule has 1 N–H and O–H groups in total. The van der Waals surface area contributed by atoms with Crippen molar-refractivity contribution >= 4 is 29.1 Å². The summed E-state index contributed by atoms with van der Waals surface area (Å²) in [6, 6.07) is 7.50. The number of fused-ring (bicyclic) bond motifs is 1. The zero-order valence-corrected chi connectivity index (χ0v) is 21.1. The smallest absolute Gasteiger partial charge is 0.277 e. The molecule has 2 amide bonds. The number of halogens is 1. The summed E-state index contributed by atoms with van der Waals surface area (Å²) in [5.41, 5.74) is 1.44. The molecule has 33 heavy (non-hydrogen) atoms. The van der Waals surface area contributed by atoms with Crippen molar-refractivity contribution in [2.45, 2.75) is 96.7 Å². The van der Waals surface area contributed by atoms with E-state index in [1.165, 1.54) is 12.8 Å². The van der Waals surface area contributed by atoms with E-state index < -0.39 is 5.54 Å². The average molecular weight is 471 g/mol. The molecule has 0 spiro atoms. The molecule has 2 aromatic rings. The summed E-state index contributed by atoms with van der Waals surface area (Å²) in [5.74, 6) is -0.367. The second-order valence-electron chi connectivity index (χ2n) is 10.8. The molecule has 1 aliphatic carbocycles.